The van der Waals surface area contributed by atoms with E-state index >= 15 is 0 Å². The van der Waals surface area contributed by atoms with Crippen molar-refractivity contribution in [3.63, 3.8) is 0 Å². The number of methoxy groups -OCH3 is 1. The molecule has 1 aromatic heterocycles. The number of aromatic nitrogens is 1. The lowest BCUT2D eigenvalue weighted by molar-refractivity contribution is -0.111. The third-order valence-corrected chi connectivity index (χ3v) is 4.39. The Kier molecular flexibility index (Phi) is 5.30. The molecule has 0 atom stereocenters. The first-order valence-electron chi connectivity index (χ1n) is 7.85. The molecular weight excluding hydrogens is 336 g/mol. The second-order valence-corrected chi connectivity index (χ2v) is 6.18. The van der Waals surface area contributed by atoms with Crippen molar-refractivity contribution in [3.05, 3.63) is 54.1 Å². The van der Waals surface area contributed by atoms with Crippen LogP contribution in [-0.2, 0) is 4.79 Å². The Bertz CT molecular complexity index is 885. The minimum atomic E-state index is -0.229. The van der Waals surface area contributed by atoms with Gasteiger partial charge >= 0.3 is 0 Å². The topological polar surface area (TPSA) is 60.5 Å². The molecule has 25 heavy (non-hydrogen) atoms. The highest BCUT2D eigenvalue weighted by atomic mass is 32.1. The minimum absolute atomic E-state index is 0.229. The van der Waals surface area contributed by atoms with E-state index < -0.39 is 0 Å². The first-order valence-corrected chi connectivity index (χ1v) is 8.66. The van der Waals surface area contributed by atoms with Gasteiger partial charge in [-0.1, -0.05) is 29.5 Å². The van der Waals surface area contributed by atoms with Gasteiger partial charge in [-0.15, -0.1) is 0 Å². The lowest BCUT2D eigenvalue weighted by Crippen LogP contribution is -2.07. The summed E-state index contributed by atoms with van der Waals surface area (Å²) in [5.41, 5.74) is 1.73. The fourth-order valence-electron chi connectivity index (χ4n) is 2.31. The predicted octanol–water partition coefficient (Wildman–Crippen LogP) is 4.36. The molecule has 1 amide bonds. The molecule has 0 spiro atoms. The molecule has 1 heterocycles. The Hall–Kier alpha value is -2.86. The average Bonchev–Trinajstić information content (AvgIpc) is 3.02. The summed E-state index contributed by atoms with van der Waals surface area (Å²) < 4.78 is 11.8. The van der Waals surface area contributed by atoms with E-state index in [9.17, 15) is 4.79 Å². The summed E-state index contributed by atoms with van der Waals surface area (Å²) in [6, 6.07) is 13.3. The number of rotatable bonds is 6. The van der Waals surface area contributed by atoms with Gasteiger partial charge in [-0.05, 0) is 42.8 Å². The van der Waals surface area contributed by atoms with E-state index in [0.717, 1.165) is 15.8 Å². The number of carbonyl (C=O) groups excluding carboxylic acids is 1. The average molecular weight is 354 g/mol. The van der Waals surface area contributed by atoms with Crippen LogP contribution in [0.2, 0.25) is 0 Å². The highest BCUT2D eigenvalue weighted by Gasteiger charge is 2.06. The molecule has 6 heteroatoms. The molecule has 2 aromatic carbocycles. The van der Waals surface area contributed by atoms with Gasteiger partial charge in [-0.25, -0.2) is 4.98 Å². The molecule has 0 bridgehead atoms. The quantitative estimate of drug-likeness (QED) is 0.668. The maximum atomic E-state index is 12.1. The van der Waals surface area contributed by atoms with Crippen molar-refractivity contribution in [2.45, 2.75) is 6.92 Å². The number of carbonyl (C=O) groups is 1. The van der Waals surface area contributed by atoms with Gasteiger partial charge < -0.3 is 9.47 Å². The van der Waals surface area contributed by atoms with Crippen molar-refractivity contribution in [1.29, 1.82) is 0 Å². The van der Waals surface area contributed by atoms with Crippen molar-refractivity contribution in [2.24, 2.45) is 0 Å². The number of hydrogen-bond donors (Lipinski definition) is 1. The molecule has 1 N–H and O–H groups in total. The summed E-state index contributed by atoms with van der Waals surface area (Å²) in [6.45, 7) is 2.45. The molecule has 0 saturated heterocycles. The van der Waals surface area contributed by atoms with E-state index in [1.165, 1.54) is 17.4 Å². The van der Waals surface area contributed by atoms with Gasteiger partial charge in [-0.3, -0.25) is 10.1 Å². The number of anilines is 1. The van der Waals surface area contributed by atoms with Crippen LogP contribution in [0.25, 0.3) is 16.3 Å². The van der Waals surface area contributed by atoms with Crippen molar-refractivity contribution >= 4 is 38.7 Å². The van der Waals surface area contributed by atoms with Crippen LogP contribution in [0.4, 0.5) is 5.13 Å². The molecule has 0 saturated carbocycles. The summed E-state index contributed by atoms with van der Waals surface area (Å²) in [4.78, 5) is 16.5. The number of amides is 1. The van der Waals surface area contributed by atoms with Crippen LogP contribution in [-0.4, -0.2) is 24.6 Å². The van der Waals surface area contributed by atoms with Crippen molar-refractivity contribution in [3.8, 4) is 11.5 Å². The number of para-hydroxylation sites is 1. The number of nitrogens with zero attached hydrogens (tertiary/aromatic N) is 1. The van der Waals surface area contributed by atoms with Gasteiger partial charge in [0.05, 0.1) is 23.9 Å². The van der Waals surface area contributed by atoms with E-state index in [2.05, 4.69) is 10.3 Å². The molecule has 5 nitrogen and oxygen atoms in total. The molecule has 3 rings (SSSR count). The zero-order valence-electron chi connectivity index (χ0n) is 14.0. The Labute approximate surface area is 149 Å². The number of ether oxygens (including phenoxy) is 2. The lowest BCUT2D eigenvalue weighted by Gasteiger charge is -2.09. The first-order chi connectivity index (χ1) is 12.2. The standard InChI is InChI=1S/C19H18N2O3S/c1-3-24-16-12-13(8-10-15(16)23-2)9-11-18(22)21-19-20-14-6-4-5-7-17(14)25-19/h4-12H,3H2,1-2H3,(H,20,21,22)/b11-9+. The third kappa shape index (κ3) is 4.16. The summed E-state index contributed by atoms with van der Waals surface area (Å²) in [5.74, 6) is 1.09. The van der Waals surface area contributed by atoms with Gasteiger partial charge in [-0.2, -0.15) is 0 Å². The van der Waals surface area contributed by atoms with Crippen LogP contribution in [0.5, 0.6) is 11.5 Å². The molecular formula is C19H18N2O3S. The molecule has 0 aliphatic carbocycles. The zero-order valence-corrected chi connectivity index (χ0v) is 14.8. The number of hydrogen-bond acceptors (Lipinski definition) is 5. The van der Waals surface area contributed by atoms with Gasteiger partial charge in [0.2, 0.25) is 5.91 Å². The van der Waals surface area contributed by atoms with Crippen LogP contribution < -0.4 is 14.8 Å². The number of nitrogens with one attached hydrogen (secondary N) is 1. The molecule has 0 radical (unpaired) electrons. The van der Waals surface area contributed by atoms with Crippen LogP contribution in [0, 0.1) is 0 Å². The monoisotopic (exact) mass is 354 g/mol. The van der Waals surface area contributed by atoms with Crippen molar-refractivity contribution < 1.29 is 14.3 Å². The molecule has 0 unspecified atom stereocenters. The summed E-state index contributed by atoms with van der Waals surface area (Å²) >= 11 is 1.45. The van der Waals surface area contributed by atoms with E-state index in [0.29, 0.717) is 23.2 Å². The Morgan fingerprint density at radius 1 is 1.24 bits per heavy atom. The van der Waals surface area contributed by atoms with Gasteiger partial charge in [0.25, 0.3) is 0 Å². The normalized spacial score (nSPS) is 11.0. The minimum Gasteiger partial charge on any atom is -0.493 e. The Morgan fingerprint density at radius 2 is 2.08 bits per heavy atom. The fourth-order valence-corrected chi connectivity index (χ4v) is 3.18. The summed E-state index contributed by atoms with van der Waals surface area (Å²) in [6.07, 6.45) is 3.20. The maximum absolute atomic E-state index is 12.1. The second kappa shape index (κ2) is 7.81. The molecule has 0 fully saturated rings. The lowest BCUT2D eigenvalue weighted by atomic mass is 10.2. The molecule has 128 valence electrons. The molecule has 3 aromatic rings. The number of fused-ring (bicyclic) bond motifs is 1. The van der Waals surface area contributed by atoms with Gasteiger partial charge in [0.15, 0.2) is 16.6 Å². The van der Waals surface area contributed by atoms with Crippen LogP contribution in [0.3, 0.4) is 0 Å². The fraction of sp³-hybridized carbons (Fsp3) is 0.158. The Balaban J connectivity index is 1.70. The van der Waals surface area contributed by atoms with Crippen LogP contribution in [0.1, 0.15) is 12.5 Å². The van der Waals surface area contributed by atoms with E-state index in [1.807, 2.05) is 49.4 Å². The summed E-state index contributed by atoms with van der Waals surface area (Å²) in [5, 5.41) is 3.37. The number of thiazole rings is 1. The summed E-state index contributed by atoms with van der Waals surface area (Å²) in [7, 11) is 1.60. The highest BCUT2D eigenvalue weighted by Crippen LogP contribution is 2.28. The van der Waals surface area contributed by atoms with Gasteiger partial charge in [0, 0.05) is 6.08 Å². The van der Waals surface area contributed by atoms with Crippen LogP contribution >= 0.6 is 11.3 Å². The largest absolute Gasteiger partial charge is 0.493 e. The molecule has 0 aliphatic heterocycles. The smallest absolute Gasteiger partial charge is 0.250 e. The Morgan fingerprint density at radius 3 is 2.84 bits per heavy atom. The second-order valence-electron chi connectivity index (χ2n) is 5.15. The van der Waals surface area contributed by atoms with Gasteiger partial charge in [0.1, 0.15) is 0 Å². The predicted molar refractivity (Wildman–Crippen MR) is 101 cm³/mol. The molecule has 0 aliphatic rings. The first kappa shape index (κ1) is 17.0. The van der Waals surface area contributed by atoms with Crippen molar-refractivity contribution in [2.75, 3.05) is 19.0 Å². The zero-order chi connectivity index (χ0) is 17.6. The highest BCUT2D eigenvalue weighted by molar-refractivity contribution is 7.22. The maximum Gasteiger partial charge on any atom is 0.250 e. The number of benzene rings is 2. The SMILES string of the molecule is CCOc1cc(/C=C/C(=O)Nc2nc3ccccc3s2)ccc1OC. The van der Waals surface area contributed by atoms with Crippen molar-refractivity contribution in [1.82, 2.24) is 4.98 Å². The van der Waals surface area contributed by atoms with E-state index in [4.69, 9.17) is 9.47 Å². The third-order valence-electron chi connectivity index (χ3n) is 3.44. The van der Waals surface area contributed by atoms with E-state index in [1.54, 1.807) is 13.2 Å². The van der Waals surface area contributed by atoms with E-state index in [-0.39, 0.29) is 5.91 Å². The van der Waals surface area contributed by atoms with Crippen LogP contribution in [0.15, 0.2) is 48.5 Å².